The van der Waals surface area contributed by atoms with Gasteiger partial charge in [-0.05, 0) is 31.6 Å². The number of aliphatic carboxylic acids is 2. The SMILES string of the molecule is O=C(O)CC1CCN(C(=O)C2(C(=O)O)CCCC2)CC1. The van der Waals surface area contributed by atoms with Crippen LogP contribution < -0.4 is 0 Å². The third-order valence-corrected chi connectivity index (χ3v) is 4.64. The summed E-state index contributed by atoms with van der Waals surface area (Å²) < 4.78 is 0. The van der Waals surface area contributed by atoms with Crippen molar-refractivity contribution >= 4 is 17.8 Å². The predicted octanol–water partition coefficient (Wildman–Crippen LogP) is 1.34. The van der Waals surface area contributed by atoms with E-state index >= 15 is 0 Å². The van der Waals surface area contributed by atoms with E-state index in [-0.39, 0.29) is 18.2 Å². The molecular formula is C14H21NO5. The number of nitrogens with zero attached hydrogens (tertiary/aromatic N) is 1. The van der Waals surface area contributed by atoms with Crippen LogP contribution in [0.25, 0.3) is 0 Å². The van der Waals surface area contributed by atoms with Crippen molar-refractivity contribution in [1.82, 2.24) is 4.90 Å². The van der Waals surface area contributed by atoms with Gasteiger partial charge in [-0.25, -0.2) is 0 Å². The molecule has 0 radical (unpaired) electrons. The molecule has 1 amide bonds. The molecule has 2 aliphatic rings. The predicted molar refractivity (Wildman–Crippen MR) is 70.1 cm³/mol. The normalized spacial score (nSPS) is 22.7. The van der Waals surface area contributed by atoms with Crippen LogP contribution in [0.15, 0.2) is 0 Å². The van der Waals surface area contributed by atoms with Crippen molar-refractivity contribution in [1.29, 1.82) is 0 Å². The highest BCUT2D eigenvalue weighted by molar-refractivity contribution is 6.02. The second-order valence-corrected chi connectivity index (χ2v) is 5.93. The fourth-order valence-electron chi connectivity index (χ4n) is 3.39. The number of likely N-dealkylation sites (tertiary alicyclic amines) is 1. The van der Waals surface area contributed by atoms with E-state index in [1.165, 1.54) is 0 Å². The van der Waals surface area contributed by atoms with Gasteiger partial charge in [0.25, 0.3) is 0 Å². The first kappa shape index (κ1) is 14.8. The highest BCUT2D eigenvalue weighted by Gasteiger charge is 2.50. The Morgan fingerprint density at radius 1 is 1.05 bits per heavy atom. The highest BCUT2D eigenvalue weighted by Crippen LogP contribution is 2.40. The van der Waals surface area contributed by atoms with Crippen molar-refractivity contribution in [3.63, 3.8) is 0 Å². The molecule has 1 aliphatic heterocycles. The molecule has 0 aromatic heterocycles. The number of rotatable bonds is 4. The summed E-state index contributed by atoms with van der Waals surface area (Å²) in [6, 6.07) is 0. The smallest absolute Gasteiger partial charge is 0.319 e. The summed E-state index contributed by atoms with van der Waals surface area (Å²) in [5, 5.41) is 18.2. The molecule has 6 heteroatoms. The molecule has 2 N–H and O–H groups in total. The standard InChI is InChI=1S/C14H21NO5/c16-11(17)9-10-3-7-15(8-4-10)12(18)14(13(19)20)5-1-2-6-14/h10H,1-9H2,(H,16,17)(H,19,20). The minimum Gasteiger partial charge on any atom is -0.481 e. The van der Waals surface area contributed by atoms with E-state index in [1.54, 1.807) is 4.90 Å². The second kappa shape index (κ2) is 5.81. The van der Waals surface area contributed by atoms with Crippen molar-refractivity contribution < 1.29 is 24.6 Å². The summed E-state index contributed by atoms with van der Waals surface area (Å²) in [4.78, 5) is 36.3. The molecule has 20 heavy (non-hydrogen) atoms. The average Bonchev–Trinajstić information content (AvgIpc) is 2.88. The van der Waals surface area contributed by atoms with Crippen molar-refractivity contribution in [3.05, 3.63) is 0 Å². The molecule has 1 aliphatic carbocycles. The third kappa shape index (κ3) is 2.78. The van der Waals surface area contributed by atoms with Crippen LogP contribution in [0.2, 0.25) is 0 Å². The van der Waals surface area contributed by atoms with Crippen LogP contribution in [-0.4, -0.2) is 46.0 Å². The molecule has 0 aromatic rings. The molecule has 0 bridgehead atoms. The fraction of sp³-hybridized carbons (Fsp3) is 0.786. The lowest BCUT2D eigenvalue weighted by Gasteiger charge is -2.36. The van der Waals surface area contributed by atoms with Crippen molar-refractivity contribution in [2.75, 3.05) is 13.1 Å². The van der Waals surface area contributed by atoms with E-state index in [2.05, 4.69) is 0 Å². The Bertz CT molecular complexity index is 406. The fourth-order valence-corrected chi connectivity index (χ4v) is 3.39. The average molecular weight is 283 g/mol. The highest BCUT2D eigenvalue weighted by atomic mass is 16.4. The summed E-state index contributed by atoms with van der Waals surface area (Å²) in [6.07, 6.45) is 3.85. The van der Waals surface area contributed by atoms with Crippen LogP contribution in [0.4, 0.5) is 0 Å². The molecule has 1 heterocycles. The minimum atomic E-state index is -1.22. The van der Waals surface area contributed by atoms with Gasteiger partial charge in [0.1, 0.15) is 5.41 Å². The van der Waals surface area contributed by atoms with Gasteiger partial charge >= 0.3 is 11.9 Å². The summed E-state index contributed by atoms with van der Waals surface area (Å²) in [7, 11) is 0. The van der Waals surface area contributed by atoms with Crippen molar-refractivity contribution in [3.8, 4) is 0 Å². The van der Waals surface area contributed by atoms with Crippen LogP contribution in [0, 0.1) is 11.3 Å². The maximum atomic E-state index is 12.5. The van der Waals surface area contributed by atoms with Gasteiger partial charge in [0.05, 0.1) is 0 Å². The van der Waals surface area contributed by atoms with E-state index in [9.17, 15) is 19.5 Å². The monoisotopic (exact) mass is 283 g/mol. The largest absolute Gasteiger partial charge is 0.481 e. The van der Waals surface area contributed by atoms with Gasteiger partial charge in [0.15, 0.2) is 0 Å². The number of carboxylic acid groups (broad SMARTS) is 2. The van der Waals surface area contributed by atoms with E-state index < -0.39 is 17.4 Å². The first-order valence-corrected chi connectivity index (χ1v) is 7.20. The first-order chi connectivity index (χ1) is 9.45. The maximum absolute atomic E-state index is 12.5. The summed E-state index contributed by atoms with van der Waals surface area (Å²) >= 11 is 0. The minimum absolute atomic E-state index is 0.0981. The van der Waals surface area contributed by atoms with Crippen LogP contribution in [0.5, 0.6) is 0 Å². The Kier molecular flexibility index (Phi) is 4.30. The topological polar surface area (TPSA) is 94.9 Å². The van der Waals surface area contributed by atoms with Crippen LogP contribution >= 0.6 is 0 Å². The number of amides is 1. The van der Waals surface area contributed by atoms with Gasteiger partial charge < -0.3 is 15.1 Å². The Morgan fingerprint density at radius 2 is 1.60 bits per heavy atom. The molecule has 6 nitrogen and oxygen atoms in total. The molecule has 2 fully saturated rings. The molecule has 0 spiro atoms. The van der Waals surface area contributed by atoms with Crippen LogP contribution in [0.3, 0.4) is 0 Å². The lowest BCUT2D eigenvalue weighted by molar-refractivity contribution is -0.161. The number of carbonyl (C=O) groups excluding carboxylic acids is 1. The van der Waals surface area contributed by atoms with Gasteiger partial charge in [-0.1, -0.05) is 12.8 Å². The van der Waals surface area contributed by atoms with E-state index in [4.69, 9.17) is 5.11 Å². The Balaban J connectivity index is 1.97. The lowest BCUT2D eigenvalue weighted by atomic mass is 9.83. The van der Waals surface area contributed by atoms with E-state index in [0.717, 1.165) is 12.8 Å². The number of carbonyl (C=O) groups is 3. The Labute approximate surface area is 117 Å². The number of hydrogen-bond acceptors (Lipinski definition) is 3. The zero-order valence-electron chi connectivity index (χ0n) is 11.5. The third-order valence-electron chi connectivity index (χ3n) is 4.64. The van der Waals surface area contributed by atoms with Gasteiger partial charge in [0.2, 0.25) is 5.91 Å². The van der Waals surface area contributed by atoms with Gasteiger partial charge in [-0.15, -0.1) is 0 Å². The molecular weight excluding hydrogens is 262 g/mol. The zero-order chi connectivity index (χ0) is 14.8. The quantitative estimate of drug-likeness (QED) is 0.759. The second-order valence-electron chi connectivity index (χ2n) is 5.93. The Hall–Kier alpha value is -1.59. The van der Waals surface area contributed by atoms with Crippen LogP contribution in [-0.2, 0) is 14.4 Å². The molecule has 0 unspecified atom stereocenters. The van der Waals surface area contributed by atoms with Crippen LogP contribution in [0.1, 0.15) is 44.9 Å². The first-order valence-electron chi connectivity index (χ1n) is 7.20. The molecule has 112 valence electrons. The molecule has 1 saturated carbocycles. The molecule has 0 aromatic carbocycles. The maximum Gasteiger partial charge on any atom is 0.319 e. The molecule has 2 rings (SSSR count). The number of hydrogen-bond donors (Lipinski definition) is 2. The summed E-state index contributed by atoms with van der Waals surface area (Å²) in [6.45, 7) is 0.956. The molecule has 1 saturated heterocycles. The van der Waals surface area contributed by atoms with Gasteiger partial charge in [-0.3, -0.25) is 14.4 Å². The number of carboxylic acids is 2. The Morgan fingerprint density at radius 3 is 2.05 bits per heavy atom. The van der Waals surface area contributed by atoms with Gasteiger partial charge in [0, 0.05) is 19.5 Å². The van der Waals surface area contributed by atoms with Crippen molar-refractivity contribution in [2.24, 2.45) is 11.3 Å². The zero-order valence-corrected chi connectivity index (χ0v) is 11.5. The van der Waals surface area contributed by atoms with Gasteiger partial charge in [-0.2, -0.15) is 0 Å². The molecule has 0 atom stereocenters. The lowest BCUT2D eigenvalue weighted by Crippen LogP contribution is -2.49. The summed E-state index contributed by atoms with van der Waals surface area (Å²) in [5.74, 6) is -1.99. The van der Waals surface area contributed by atoms with E-state index in [0.29, 0.717) is 38.8 Å². The van der Waals surface area contributed by atoms with Crippen molar-refractivity contribution in [2.45, 2.75) is 44.9 Å². The van der Waals surface area contributed by atoms with E-state index in [1.807, 2.05) is 0 Å². The summed E-state index contributed by atoms with van der Waals surface area (Å²) in [5.41, 5.74) is -1.22. The number of piperidine rings is 1.